The largest absolute Gasteiger partial charge is 0.454 e. The van der Waals surface area contributed by atoms with E-state index in [1.165, 1.54) is 0 Å². The number of carbonyl (C=O) groups excluding carboxylic acids is 1. The molecule has 0 aromatic heterocycles. The summed E-state index contributed by atoms with van der Waals surface area (Å²) in [6.45, 7) is 4.36. The molecule has 0 spiro atoms. The van der Waals surface area contributed by atoms with E-state index < -0.39 is 6.09 Å². The van der Waals surface area contributed by atoms with Gasteiger partial charge in [-0.05, 0) is 43.2 Å². The summed E-state index contributed by atoms with van der Waals surface area (Å²) >= 11 is 0. The maximum absolute atomic E-state index is 11.9. The number of rotatable bonds is 3. The smallest absolute Gasteiger partial charge is 0.411 e. The van der Waals surface area contributed by atoms with Crippen LogP contribution in [0.1, 0.15) is 16.7 Å². The number of benzene rings is 2. The molecule has 0 unspecified atom stereocenters. The minimum absolute atomic E-state index is 0.174. The van der Waals surface area contributed by atoms with Gasteiger partial charge in [0.1, 0.15) is 6.61 Å². The fourth-order valence-electron chi connectivity index (χ4n) is 2.28. The van der Waals surface area contributed by atoms with Crippen molar-refractivity contribution in [3.8, 4) is 11.5 Å². The summed E-state index contributed by atoms with van der Waals surface area (Å²) in [6.07, 6.45) is -0.482. The van der Waals surface area contributed by atoms with Gasteiger partial charge in [-0.25, -0.2) is 4.79 Å². The first-order valence-electron chi connectivity index (χ1n) is 7.01. The number of amides is 1. The van der Waals surface area contributed by atoms with Crippen LogP contribution in [0.2, 0.25) is 0 Å². The molecule has 0 saturated heterocycles. The van der Waals surface area contributed by atoms with Gasteiger partial charge in [0.15, 0.2) is 11.5 Å². The topological polar surface area (TPSA) is 56.8 Å². The lowest BCUT2D eigenvalue weighted by Crippen LogP contribution is -2.14. The van der Waals surface area contributed by atoms with E-state index in [1.54, 1.807) is 0 Å². The van der Waals surface area contributed by atoms with Gasteiger partial charge < -0.3 is 14.2 Å². The quantitative estimate of drug-likeness (QED) is 0.937. The first kappa shape index (κ1) is 14.3. The van der Waals surface area contributed by atoms with Gasteiger partial charge in [0.25, 0.3) is 0 Å². The van der Waals surface area contributed by atoms with Crippen LogP contribution in [-0.4, -0.2) is 12.9 Å². The highest BCUT2D eigenvalue weighted by atomic mass is 16.7. The molecule has 0 atom stereocenters. The molecule has 0 radical (unpaired) electrons. The third-order valence-electron chi connectivity index (χ3n) is 3.43. The van der Waals surface area contributed by atoms with Crippen LogP contribution < -0.4 is 14.8 Å². The molecule has 0 fully saturated rings. The maximum atomic E-state index is 11.9. The van der Waals surface area contributed by atoms with Crippen molar-refractivity contribution in [1.29, 1.82) is 0 Å². The van der Waals surface area contributed by atoms with Crippen LogP contribution in [0, 0.1) is 13.8 Å². The van der Waals surface area contributed by atoms with Gasteiger partial charge in [-0.2, -0.15) is 0 Å². The number of anilines is 1. The van der Waals surface area contributed by atoms with Crippen molar-refractivity contribution in [2.45, 2.75) is 20.5 Å². The zero-order valence-electron chi connectivity index (χ0n) is 12.5. The Labute approximate surface area is 128 Å². The van der Waals surface area contributed by atoms with E-state index in [2.05, 4.69) is 5.32 Å². The Morgan fingerprint density at radius 1 is 1.14 bits per heavy atom. The first-order valence-corrected chi connectivity index (χ1v) is 7.01. The fraction of sp³-hybridized carbons (Fsp3) is 0.235. The third kappa shape index (κ3) is 3.14. The summed E-state index contributed by atoms with van der Waals surface area (Å²) in [5.74, 6) is 1.39. The van der Waals surface area contributed by atoms with Crippen molar-refractivity contribution >= 4 is 11.8 Å². The number of hydrogen-bond acceptors (Lipinski definition) is 4. The molecular formula is C17H17NO4. The first-order chi connectivity index (χ1) is 10.6. The highest BCUT2D eigenvalue weighted by Crippen LogP contribution is 2.32. The molecule has 2 aromatic carbocycles. The van der Waals surface area contributed by atoms with Gasteiger partial charge >= 0.3 is 6.09 Å². The predicted octanol–water partition coefficient (Wildman–Crippen LogP) is 3.78. The van der Waals surface area contributed by atoms with Crippen LogP contribution in [0.15, 0.2) is 36.4 Å². The normalized spacial score (nSPS) is 12.1. The number of hydrogen-bond donors (Lipinski definition) is 1. The zero-order valence-corrected chi connectivity index (χ0v) is 12.5. The summed E-state index contributed by atoms with van der Waals surface area (Å²) < 4.78 is 15.8. The molecule has 2 aromatic rings. The van der Waals surface area contributed by atoms with Crippen LogP contribution >= 0.6 is 0 Å². The summed E-state index contributed by atoms with van der Waals surface area (Å²) in [6, 6.07) is 11.3. The monoisotopic (exact) mass is 299 g/mol. The maximum Gasteiger partial charge on any atom is 0.411 e. The van der Waals surface area contributed by atoms with E-state index in [9.17, 15) is 4.79 Å². The van der Waals surface area contributed by atoms with Gasteiger partial charge in [-0.1, -0.05) is 23.8 Å². The number of carbonyl (C=O) groups is 1. The summed E-state index contributed by atoms with van der Waals surface area (Å²) in [5.41, 5.74) is 3.75. The molecule has 0 aliphatic carbocycles. The van der Waals surface area contributed by atoms with Crippen molar-refractivity contribution in [3.63, 3.8) is 0 Å². The zero-order chi connectivity index (χ0) is 15.5. The van der Waals surface area contributed by atoms with Crippen LogP contribution in [0.5, 0.6) is 11.5 Å². The Morgan fingerprint density at radius 3 is 2.77 bits per heavy atom. The molecule has 0 bridgehead atoms. The Morgan fingerprint density at radius 2 is 1.95 bits per heavy atom. The lowest BCUT2D eigenvalue weighted by atomic mass is 10.1. The number of aryl methyl sites for hydroxylation is 2. The van der Waals surface area contributed by atoms with Gasteiger partial charge in [0.05, 0.1) is 0 Å². The predicted molar refractivity (Wildman–Crippen MR) is 82.3 cm³/mol. The Bertz CT molecular complexity index is 712. The fourth-order valence-corrected chi connectivity index (χ4v) is 2.28. The molecule has 1 heterocycles. The van der Waals surface area contributed by atoms with E-state index in [4.69, 9.17) is 14.2 Å². The Hall–Kier alpha value is -2.69. The highest BCUT2D eigenvalue weighted by molar-refractivity contribution is 5.85. The number of nitrogens with one attached hydrogen (secondary N) is 1. The SMILES string of the molecule is Cc1ccc(NC(=O)OCc2ccc3c(c2)OCO3)c(C)c1. The third-order valence-corrected chi connectivity index (χ3v) is 3.43. The molecule has 114 valence electrons. The minimum atomic E-state index is -0.482. The second-order valence-corrected chi connectivity index (χ2v) is 5.21. The van der Waals surface area contributed by atoms with E-state index in [1.807, 2.05) is 50.2 Å². The van der Waals surface area contributed by atoms with E-state index in [-0.39, 0.29) is 13.4 Å². The Kier molecular flexibility index (Phi) is 3.87. The van der Waals surface area contributed by atoms with Crippen LogP contribution in [0.3, 0.4) is 0 Å². The number of ether oxygens (including phenoxy) is 3. The Balaban J connectivity index is 1.58. The second kappa shape index (κ2) is 5.97. The average molecular weight is 299 g/mol. The van der Waals surface area contributed by atoms with E-state index >= 15 is 0 Å². The van der Waals surface area contributed by atoms with Gasteiger partial charge in [0, 0.05) is 5.69 Å². The van der Waals surface area contributed by atoms with Gasteiger partial charge in [-0.3, -0.25) is 5.32 Å². The van der Waals surface area contributed by atoms with Crippen LogP contribution in [0.25, 0.3) is 0 Å². The molecule has 3 rings (SSSR count). The molecule has 1 N–H and O–H groups in total. The van der Waals surface area contributed by atoms with Crippen molar-refractivity contribution < 1.29 is 19.0 Å². The van der Waals surface area contributed by atoms with Crippen LogP contribution in [0.4, 0.5) is 10.5 Å². The molecule has 0 saturated carbocycles. The summed E-state index contributed by atoms with van der Waals surface area (Å²) in [5, 5.41) is 2.74. The van der Waals surface area contributed by atoms with Gasteiger partial charge in [0.2, 0.25) is 6.79 Å². The molecule has 22 heavy (non-hydrogen) atoms. The second-order valence-electron chi connectivity index (χ2n) is 5.21. The molecule has 5 heteroatoms. The van der Waals surface area contributed by atoms with Crippen molar-refractivity contribution in [3.05, 3.63) is 53.1 Å². The average Bonchev–Trinajstić information content (AvgIpc) is 2.95. The molecule has 5 nitrogen and oxygen atoms in total. The minimum Gasteiger partial charge on any atom is -0.454 e. The van der Waals surface area contributed by atoms with Crippen molar-refractivity contribution in [1.82, 2.24) is 0 Å². The molecule has 1 aliphatic rings. The molecule has 1 amide bonds. The van der Waals surface area contributed by atoms with Crippen LogP contribution in [-0.2, 0) is 11.3 Å². The summed E-state index contributed by atoms with van der Waals surface area (Å²) in [4.78, 5) is 11.9. The lowest BCUT2D eigenvalue weighted by molar-refractivity contribution is 0.154. The summed E-state index contributed by atoms with van der Waals surface area (Å²) in [7, 11) is 0. The van der Waals surface area contributed by atoms with E-state index in [0.29, 0.717) is 11.5 Å². The van der Waals surface area contributed by atoms with Crippen molar-refractivity contribution in [2.24, 2.45) is 0 Å². The van der Waals surface area contributed by atoms with E-state index in [0.717, 1.165) is 22.4 Å². The highest BCUT2D eigenvalue weighted by Gasteiger charge is 2.14. The van der Waals surface area contributed by atoms with Gasteiger partial charge in [-0.15, -0.1) is 0 Å². The molecular weight excluding hydrogens is 282 g/mol. The number of fused-ring (bicyclic) bond motifs is 1. The standard InChI is InChI=1S/C17H17NO4/c1-11-3-5-14(12(2)7-11)18-17(19)20-9-13-4-6-15-16(8-13)22-10-21-15/h3-8H,9-10H2,1-2H3,(H,18,19). The lowest BCUT2D eigenvalue weighted by Gasteiger charge is -2.10. The molecule has 1 aliphatic heterocycles. The van der Waals surface area contributed by atoms with Crippen molar-refractivity contribution in [2.75, 3.05) is 12.1 Å².